The number of aromatic nitrogens is 6. The lowest BCUT2D eigenvalue weighted by Crippen LogP contribution is -2.37. The molecule has 170 valence electrons. The summed E-state index contributed by atoms with van der Waals surface area (Å²) in [6.45, 7) is -0.316. The van der Waals surface area contributed by atoms with Gasteiger partial charge in [-0.1, -0.05) is 48.5 Å². The van der Waals surface area contributed by atoms with E-state index in [-0.39, 0.29) is 42.6 Å². The molecule has 1 amide bonds. The number of fused-ring (bicyclic) bond motifs is 1. The maximum Gasteiger partial charge on any atom is 0.354 e. The number of carboxylic acids is 1. The summed E-state index contributed by atoms with van der Waals surface area (Å²) in [5.74, 6) is -0.697. The molecule has 1 aliphatic rings. The summed E-state index contributed by atoms with van der Waals surface area (Å²) >= 11 is 0. The average Bonchev–Trinajstić information content (AvgIpc) is 3.40. The maximum absolute atomic E-state index is 12.7. The summed E-state index contributed by atoms with van der Waals surface area (Å²) in [6.07, 6.45) is 0.398. The third-order valence-electron chi connectivity index (χ3n) is 5.64. The number of carbonyl (C=O) groups excluding carboxylic acids is 1. The molecule has 0 saturated carbocycles. The second kappa shape index (κ2) is 8.79. The van der Waals surface area contributed by atoms with Gasteiger partial charge in [-0.15, -0.1) is 10.2 Å². The Morgan fingerprint density at radius 3 is 2.47 bits per heavy atom. The van der Waals surface area contributed by atoms with Crippen molar-refractivity contribution in [3.8, 4) is 22.5 Å². The first-order valence-electron chi connectivity index (χ1n) is 10.5. The van der Waals surface area contributed by atoms with E-state index in [1.54, 1.807) is 0 Å². The number of aliphatic hydroxyl groups excluding tert-OH is 1. The highest BCUT2D eigenvalue weighted by Gasteiger charge is 2.31. The van der Waals surface area contributed by atoms with Crippen molar-refractivity contribution in [1.29, 1.82) is 0 Å². The number of anilines is 1. The molecule has 0 bridgehead atoms. The van der Waals surface area contributed by atoms with Crippen LogP contribution in [0, 0.1) is 0 Å². The predicted octanol–water partition coefficient (Wildman–Crippen LogP) is 1.99. The number of amides is 1. The molecular formula is C23H19N7O4. The van der Waals surface area contributed by atoms with Gasteiger partial charge in [0.2, 0.25) is 11.7 Å². The van der Waals surface area contributed by atoms with E-state index >= 15 is 0 Å². The third-order valence-corrected chi connectivity index (χ3v) is 5.64. The molecule has 0 fully saturated rings. The van der Waals surface area contributed by atoms with Gasteiger partial charge in [0.1, 0.15) is 12.4 Å². The number of aromatic amines is 1. The predicted molar refractivity (Wildman–Crippen MR) is 119 cm³/mol. The highest BCUT2D eigenvalue weighted by Crippen LogP contribution is 2.32. The molecule has 0 atom stereocenters. The third kappa shape index (κ3) is 3.88. The molecule has 1 aliphatic heterocycles. The van der Waals surface area contributed by atoms with E-state index in [1.807, 2.05) is 48.5 Å². The van der Waals surface area contributed by atoms with E-state index in [9.17, 15) is 19.8 Å². The van der Waals surface area contributed by atoms with E-state index in [4.69, 9.17) is 0 Å². The number of nitrogens with zero attached hydrogens (tertiary/aromatic N) is 6. The van der Waals surface area contributed by atoms with Gasteiger partial charge in [-0.05, 0) is 28.3 Å². The molecule has 34 heavy (non-hydrogen) atoms. The Labute approximate surface area is 193 Å². The summed E-state index contributed by atoms with van der Waals surface area (Å²) < 4.78 is 0. The quantitative estimate of drug-likeness (QED) is 0.394. The first-order chi connectivity index (χ1) is 16.5. The number of H-pyrrole nitrogens is 1. The number of nitrogens with one attached hydrogen (secondary N) is 1. The fourth-order valence-electron chi connectivity index (χ4n) is 4.04. The highest BCUT2D eigenvalue weighted by molar-refractivity contribution is 5.98. The van der Waals surface area contributed by atoms with Gasteiger partial charge in [0.05, 0.1) is 6.54 Å². The number of rotatable bonds is 6. The van der Waals surface area contributed by atoms with Crippen molar-refractivity contribution in [1.82, 2.24) is 30.6 Å². The number of carboxylic acid groups (broad SMARTS) is 1. The van der Waals surface area contributed by atoms with Crippen LogP contribution in [0.25, 0.3) is 22.5 Å². The van der Waals surface area contributed by atoms with E-state index in [0.29, 0.717) is 11.4 Å². The fraction of sp³-hybridized carbons (Fsp3) is 0.174. The molecule has 3 N–H and O–H groups in total. The fourth-order valence-corrected chi connectivity index (χ4v) is 4.04. The second-order valence-electron chi connectivity index (χ2n) is 7.71. The molecular weight excluding hydrogens is 438 g/mol. The zero-order chi connectivity index (χ0) is 23.7. The van der Waals surface area contributed by atoms with Gasteiger partial charge in [0.25, 0.3) is 0 Å². The van der Waals surface area contributed by atoms with Crippen molar-refractivity contribution in [2.24, 2.45) is 0 Å². The Bertz CT molecular complexity index is 1370. The lowest BCUT2D eigenvalue weighted by atomic mass is 9.97. The second-order valence-corrected chi connectivity index (χ2v) is 7.71. The Morgan fingerprint density at radius 2 is 1.79 bits per heavy atom. The molecule has 2 aromatic carbocycles. The van der Waals surface area contributed by atoms with Crippen LogP contribution >= 0.6 is 0 Å². The molecule has 0 radical (unpaired) electrons. The summed E-state index contributed by atoms with van der Waals surface area (Å²) in [4.78, 5) is 34.1. The SMILES string of the molecule is O=C(O)c1nc(CO)nc2c1CCC(=O)N2Cc1ccc(-c2ccccc2-c2nn[nH]n2)cc1. The van der Waals surface area contributed by atoms with Gasteiger partial charge in [0, 0.05) is 17.5 Å². The number of benzene rings is 2. The van der Waals surface area contributed by atoms with Crippen molar-refractivity contribution >= 4 is 17.7 Å². The summed E-state index contributed by atoms with van der Waals surface area (Å²) in [5.41, 5.74) is 3.75. The topological polar surface area (TPSA) is 158 Å². The van der Waals surface area contributed by atoms with Crippen LogP contribution in [0.15, 0.2) is 48.5 Å². The molecule has 0 unspecified atom stereocenters. The number of carbonyl (C=O) groups is 2. The lowest BCUT2D eigenvalue weighted by Gasteiger charge is -2.29. The molecule has 0 saturated heterocycles. The number of aromatic carboxylic acids is 1. The minimum absolute atomic E-state index is 0.0377. The lowest BCUT2D eigenvalue weighted by molar-refractivity contribution is -0.119. The van der Waals surface area contributed by atoms with Crippen molar-refractivity contribution in [2.45, 2.75) is 26.0 Å². The van der Waals surface area contributed by atoms with Crippen LogP contribution in [-0.2, 0) is 24.4 Å². The smallest absolute Gasteiger partial charge is 0.354 e. The van der Waals surface area contributed by atoms with Crippen LogP contribution in [0.2, 0.25) is 0 Å². The van der Waals surface area contributed by atoms with Gasteiger partial charge >= 0.3 is 5.97 Å². The largest absolute Gasteiger partial charge is 0.476 e. The molecule has 11 heteroatoms. The number of aliphatic hydroxyl groups is 1. The van der Waals surface area contributed by atoms with Crippen molar-refractivity contribution in [3.05, 3.63) is 71.2 Å². The average molecular weight is 457 g/mol. The first kappa shape index (κ1) is 21.3. The van der Waals surface area contributed by atoms with E-state index in [0.717, 1.165) is 22.3 Å². The van der Waals surface area contributed by atoms with Crippen LogP contribution in [0.1, 0.15) is 33.9 Å². The maximum atomic E-state index is 12.7. The number of hydrogen-bond donors (Lipinski definition) is 3. The van der Waals surface area contributed by atoms with Crippen LogP contribution in [0.5, 0.6) is 0 Å². The summed E-state index contributed by atoms with van der Waals surface area (Å²) in [7, 11) is 0. The zero-order valence-corrected chi connectivity index (χ0v) is 17.8. The van der Waals surface area contributed by atoms with E-state index in [1.165, 1.54) is 4.90 Å². The normalized spacial score (nSPS) is 13.1. The highest BCUT2D eigenvalue weighted by atomic mass is 16.4. The van der Waals surface area contributed by atoms with Gasteiger partial charge in [-0.2, -0.15) is 5.21 Å². The standard InChI is InChI=1S/C23H19N7O4/c31-12-18-24-20(23(33)34)17-9-10-19(32)30(22(17)25-18)11-13-5-7-14(8-6-13)15-3-1-2-4-16(15)21-26-28-29-27-21/h1-8,31H,9-12H2,(H,33,34)(H,26,27,28,29). The molecule has 3 heterocycles. The molecule has 5 rings (SSSR count). The Morgan fingerprint density at radius 1 is 1.03 bits per heavy atom. The van der Waals surface area contributed by atoms with Crippen molar-refractivity contribution in [2.75, 3.05) is 4.90 Å². The van der Waals surface area contributed by atoms with Gasteiger partial charge in [-0.3, -0.25) is 9.69 Å². The summed E-state index contributed by atoms with van der Waals surface area (Å²) in [5, 5.41) is 33.3. The number of hydrogen-bond acceptors (Lipinski definition) is 8. The van der Waals surface area contributed by atoms with Crippen molar-refractivity contribution < 1.29 is 19.8 Å². The first-order valence-corrected chi connectivity index (χ1v) is 10.5. The Hall–Kier alpha value is -4.51. The van der Waals surface area contributed by atoms with Crippen LogP contribution in [0.3, 0.4) is 0 Å². The summed E-state index contributed by atoms with van der Waals surface area (Å²) in [6, 6.07) is 15.4. The van der Waals surface area contributed by atoms with E-state index < -0.39 is 12.6 Å². The van der Waals surface area contributed by atoms with Crippen LogP contribution in [0.4, 0.5) is 5.82 Å². The van der Waals surface area contributed by atoms with E-state index in [2.05, 4.69) is 30.6 Å². The van der Waals surface area contributed by atoms with Gasteiger partial charge in [-0.25, -0.2) is 14.8 Å². The molecule has 11 nitrogen and oxygen atoms in total. The van der Waals surface area contributed by atoms with Crippen LogP contribution < -0.4 is 4.90 Å². The van der Waals surface area contributed by atoms with Gasteiger partial charge < -0.3 is 10.2 Å². The Balaban J connectivity index is 1.47. The minimum atomic E-state index is -1.22. The monoisotopic (exact) mass is 457 g/mol. The minimum Gasteiger partial charge on any atom is -0.476 e. The zero-order valence-electron chi connectivity index (χ0n) is 17.8. The van der Waals surface area contributed by atoms with Crippen molar-refractivity contribution in [3.63, 3.8) is 0 Å². The Kier molecular flexibility index (Phi) is 5.52. The molecule has 0 spiro atoms. The molecule has 4 aromatic rings. The molecule has 2 aromatic heterocycles. The van der Waals surface area contributed by atoms with Crippen LogP contribution in [-0.4, -0.2) is 52.7 Å². The van der Waals surface area contributed by atoms with Gasteiger partial charge in [0.15, 0.2) is 11.5 Å². The molecule has 0 aliphatic carbocycles. The number of tetrazole rings is 1.